The van der Waals surface area contributed by atoms with E-state index in [0.717, 1.165) is 27.7 Å². The number of nitrogens with zero attached hydrogens (tertiary/aromatic N) is 1. The largest absolute Gasteiger partial charge is 0.398 e. The molecule has 0 aliphatic rings. The third-order valence-corrected chi connectivity index (χ3v) is 3.52. The Morgan fingerprint density at radius 1 is 1.05 bits per heavy atom. The van der Waals surface area contributed by atoms with Crippen LogP contribution >= 0.6 is 11.6 Å². The molecule has 2 aromatic carbocycles. The molecule has 1 heterocycles. The first-order chi connectivity index (χ1) is 9.16. The Bertz CT molecular complexity index is 752. The van der Waals surface area contributed by atoms with E-state index in [9.17, 15) is 0 Å². The van der Waals surface area contributed by atoms with E-state index >= 15 is 0 Å². The Balaban J connectivity index is 2.34. The summed E-state index contributed by atoms with van der Waals surface area (Å²) in [7, 11) is 0. The molecule has 3 rings (SSSR count). The fourth-order valence-corrected chi connectivity index (χ4v) is 2.47. The van der Waals surface area contributed by atoms with Crippen molar-refractivity contribution in [2.45, 2.75) is 6.92 Å². The monoisotopic (exact) mass is 268 g/mol. The molecule has 0 amide bonds. The van der Waals surface area contributed by atoms with Crippen molar-refractivity contribution in [1.29, 1.82) is 0 Å². The van der Waals surface area contributed by atoms with Gasteiger partial charge in [-0.05, 0) is 24.6 Å². The number of nitrogen functional groups attached to an aromatic ring is 1. The van der Waals surface area contributed by atoms with E-state index in [0.29, 0.717) is 10.7 Å². The minimum absolute atomic E-state index is 0.630. The van der Waals surface area contributed by atoms with Crippen LogP contribution in [0.4, 0.5) is 5.69 Å². The van der Waals surface area contributed by atoms with Crippen LogP contribution in [-0.2, 0) is 0 Å². The molecule has 19 heavy (non-hydrogen) atoms. The van der Waals surface area contributed by atoms with Gasteiger partial charge in [-0.25, -0.2) is 4.98 Å². The first kappa shape index (κ1) is 12.0. The predicted octanol–water partition coefficient (Wildman–Crippen LogP) is 4.45. The molecule has 0 aliphatic carbocycles. The molecular formula is C16H13ClN2. The Morgan fingerprint density at radius 2 is 1.79 bits per heavy atom. The van der Waals surface area contributed by atoms with Crippen molar-refractivity contribution >= 4 is 28.2 Å². The number of rotatable bonds is 1. The second kappa shape index (κ2) is 4.56. The quantitative estimate of drug-likeness (QED) is 0.708. The molecule has 0 spiro atoms. The summed E-state index contributed by atoms with van der Waals surface area (Å²) in [6.07, 6.45) is 0. The second-order valence-corrected chi connectivity index (χ2v) is 4.96. The third kappa shape index (κ3) is 2.04. The van der Waals surface area contributed by atoms with Gasteiger partial charge in [0.15, 0.2) is 0 Å². The number of anilines is 1. The highest BCUT2D eigenvalue weighted by Crippen LogP contribution is 2.32. The molecule has 2 nitrogen and oxygen atoms in total. The van der Waals surface area contributed by atoms with Crippen molar-refractivity contribution in [3.05, 3.63) is 59.1 Å². The normalized spacial score (nSPS) is 10.8. The zero-order valence-electron chi connectivity index (χ0n) is 10.5. The van der Waals surface area contributed by atoms with Crippen LogP contribution in [0.5, 0.6) is 0 Å². The van der Waals surface area contributed by atoms with Gasteiger partial charge in [0.25, 0.3) is 0 Å². The Morgan fingerprint density at radius 3 is 2.53 bits per heavy atom. The number of aryl methyl sites for hydroxylation is 1. The molecule has 0 saturated heterocycles. The van der Waals surface area contributed by atoms with Gasteiger partial charge < -0.3 is 5.73 Å². The lowest BCUT2D eigenvalue weighted by atomic mass is 10.0. The van der Waals surface area contributed by atoms with Crippen LogP contribution in [0, 0.1) is 6.92 Å². The summed E-state index contributed by atoms with van der Waals surface area (Å²) >= 11 is 6.24. The van der Waals surface area contributed by atoms with Crippen LogP contribution in [0.2, 0.25) is 5.02 Å². The second-order valence-electron chi connectivity index (χ2n) is 4.55. The fraction of sp³-hybridized carbons (Fsp3) is 0.0625. The molecule has 1 aromatic heterocycles. The summed E-state index contributed by atoms with van der Waals surface area (Å²) in [5.41, 5.74) is 10.6. The van der Waals surface area contributed by atoms with Gasteiger partial charge in [-0.3, -0.25) is 0 Å². The van der Waals surface area contributed by atoms with Crippen LogP contribution in [0.1, 0.15) is 5.56 Å². The fourth-order valence-electron chi connectivity index (χ4n) is 2.27. The average molecular weight is 269 g/mol. The molecular weight excluding hydrogens is 256 g/mol. The Kier molecular flexibility index (Phi) is 2.88. The summed E-state index contributed by atoms with van der Waals surface area (Å²) in [5, 5.41) is 1.57. The lowest BCUT2D eigenvalue weighted by Crippen LogP contribution is -1.95. The van der Waals surface area contributed by atoms with Gasteiger partial charge in [0.2, 0.25) is 0 Å². The minimum atomic E-state index is 0.630. The van der Waals surface area contributed by atoms with Crippen molar-refractivity contribution in [2.75, 3.05) is 5.73 Å². The van der Waals surface area contributed by atoms with E-state index in [2.05, 4.69) is 4.98 Å². The highest BCUT2D eigenvalue weighted by Gasteiger charge is 2.10. The average Bonchev–Trinajstić information content (AvgIpc) is 2.43. The van der Waals surface area contributed by atoms with E-state index in [4.69, 9.17) is 17.3 Å². The lowest BCUT2D eigenvalue weighted by molar-refractivity contribution is 1.38. The number of aromatic nitrogens is 1. The standard InChI is InChI=1S/C16H13ClN2/c1-10-7-8-12(17)16-15(10)13(18)9-14(19-16)11-5-3-2-4-6-11/h2-9H,1H3,(H2,18,19). The maximum atomic E-state index is 6.24. The van der Waals surface area contributed by atoms with Crippen molar-refractivity contribution in [2.24, 2.45) is 0 Å². The van der Waals surface area contributed by atoms with Crippen LogP contribution < -0.4 is 5.73 Å². The summed E-state index contributed by atoms with van der Waals surface area (Å²) in [6.45, 7) is 2.01. The molecule has 0 atom stereocenters. The van der Waals surface area contributed by atoms with Crippen molar-refractivity contribution in [3.63, 3.8) is 0 Å². The molecule has 94 valence electrons. The molecule has 3 heteroatoms. The van der Waals surface area contributed by atoms with Gasteiger partial charge in [0.05, 0.1) is 16.2 Å². The third-order valence-electron chi connectivity index (χ3n) is 3.22. The SMILES string of the molecule is Cc1ccc(Cl)c2nc(-c3ccccc3)cc(N)c12. The molecule has 0 saturated carbocycles. The molecule has 0 radical (unpaired) electrons. The molecule has 0 aliphatic heterocycles. The number of nitrogens with two attached hydrogens (primary N) is 1. The first-order valence-electron chi connectivity index (χ1n) is 6.07. The topological polar surface area (TPSA) is 38.9 Å². The molecule has 0 unspecified atom stereocenters. The zero-order chi connectivity index (χ0) is 13.4. The van der Waals surface area contributed by atoms with Crippen molar-refractivity contribution < 1.29 is 0 Å². The minimum Gasteiger partial charge on any atom is -0.398 e. The number of halogens is 1. The Labute approximate surface area is 116 Å². The van der Waals surface area contributed by atoms with Crippen LogP contribution in [0.15, 0.2) is 48.5 Å². The highest BCUT2D eigenvalue weighted by molar-refractivity contribution is 6.35. The predicted molar refractivity (Wildman–Crippen MR) is 81.3 cm³/mol. The highest BCUT2D eigenvalue weighted by atomic mass is 35.5. The van der Waals surface area contributed by atoms with Gasteiger partial charge in [-0.2, -0.15) is 0 Å². The number of hydrogen-bond donors (Lipinski definition) is 1. The molecule has 2 N–H and O–H groups in total. The van der Waals surface area contributed by atoms with Gasteiger partial charge in [0.1, 0.15) is 0 Å². The summed E-state index contributed by atoms with van der Waals surface area (Å²) in [5.74, 6) is 0. The zero-order valence-corrected chi connectivity index (χ0v) is 11.3. The summed E-state index contributed by atoms with van der Waals surface area (Å²) in [4.78, 5) is 4.65. The van der Waals surface area contributed by atoms with E-state index in [1.165, 1.54) is 0 Å². The number of fused-ring (bicyclic) bond motifs is 1. The first-order valence-corrected chi connectivity index (χ1v) is 6.45. The van der Waals surface area contributed by atoms with E-state index < -0.39 is 0 Å². The maximum absolute atomic E-state index is 6.24. The van der Waals surface area contributed by atoms with Gasteiger partial charge in [0, 0.05) is 16.6 Å². The van der Waals surface area contributed by atoms with E-state index in [-0.39, 0.29) is 0 Å². The molecule has 0 fully saturated rings. The number of pyridine rings is 1. The summed E-state index contributed by atoms with van der Waals surface area (Å²) in [6, 6.07) is 15.7. The van der Waals surface area contributed by atoms with Crippen LogP contribution in [0.3, 0.4) is 0 Å². The van der Waals surface area contributed by atoms with Crippen LogP contribution in [0.25, 0.3) is 22.2 Å². The number of hydrogen-bond acceptors (Lipinski definition) is 2. The Hall–Kier alpha value is -2.06. The van der Waals surface area contributed by atoms with Gasteiger partial charge >= 0.3 is 0 Å². The molecule has 3 aromatic rings. The van der Waals surface area contributed by atoms with Gasteiger partial charge in [-0.1, -0.05) is 48.0 Å². The summed E-state index contributed by atoms with van der Waals surface area (Å²) < 4.78 is 0. The van der Waals surface area contributed by atoms with Crippen molar-refractivity contribution in [3.8, 4) is 11.3 Å². The van der Waals surface area contributed by atoms with E-state index in [1.807, 2.05) is 55.5 Å². The maximum Gasteiger partial charge on any atom is 0.0919 e. The van der Waals surface area contributed by atoms with Gasteiger partial charge in [-0.15, -0.1) is 0 Å². The van der Waals surface area contributed by atoms with Crippen LogP contribution in [-0.4, -0.2) is 4.98 Å². The lowest BCUT2D eigenvalue weighted by Gasteiger charge is -2.10. The molecule has 0 bridgehead atoms. The smallest absolute Gasteiger partial charge is 0.0919 e. The number of benzene rings is 2. The van der Waals surface area contributed by atoms with E-state index in [1.54, 1.807) is 0 Å². The van der Waals surface area contributed by atoms with Crippen molar-refractivity contribution in [1.82, 2.24) is 4.98 Å².